The molecular weight excluding hydrogens is 520 g/mol. The van der Waals surface area contributed by atoms with Crippen molar-refractivity contribution in [3.8, 4) is 34.2 Å². The first kappa shape index (κ1) is 22.9. The van der Waals surface area contributed by atoms with Crippen molar-refractivity contribution in [1.82, 2.24) is 19.9 Å². The number of pyridine rings is 1. The molecule has 0 fully saturated rings. The third-order valence-electron chi connectivity index (χ3n) is 7.82. The van der Waals surface area contributed by atoms with Gasteiger partial charge >= 0.3 is 0 Å². The fraction of sp³-hybridized carbons (Fsp3) is 0. The third-order valence-corrected chi connectivity index (χ3v) is 7.82. The van der Waals surface area contributed by atoms with E-state index >= 15 is 0 Å². The fourth-order valence-electron chi connectivity index (χ4n) is 5.80. The number of benzene rings is 5. The van der Waals surface area contributed by atoms with Crippen LogP contribution >= 0.6 is 0 Å². The molecule has 0 atom stereocenters. The summed E-state index contributed by atoms with van der Waals surface area (Å²) >= 11 is 0. The van der Waals surface area contributed by atoms with Crippen molar-refractivity contribution in [1.29, 1.82) is 0 Å². The molecule has 196 valence electrons. The molecule has 9 aromatic rings. The van der Waals surface area contributed by atoms with Gasteiger partial charge in [-0.25, -0.2) is 15.0 Å². The largest absolute Gasteiger partial charge is 0.456 e. The molecule has 0 N–H and O–H groups in total. The minimum absolute atomic E-state index is 0.601. The van der Waals surface area contributed by atoms with Gasteiger partial charge in [-0.3, -0.25) is 4.98 Å². The zero-order chi connectivity index (χ0) is 27.6. The Labute approximate surface area is 238 Å². The lowest BCUT2D eigenvalue weighted by Crippen LogP contribution is -2.00. The van der Waals surface area contributed by atoms with Gasteiger partial charge in [0.2, 0.25) is 0 Å². The van der Waals surface area contributed by atoms with Crippen LogP contribution in [0.25, 0.3) is 88.8 Å². The number of aromatic nitrogens is 4. The van der Waals surface area contributed by atoms with Gasteiger partial charge in [0.25, 0.3) is 0 Å². The quantitative estimate of drug-likeness (QED) is 0.222. The minimum atomic E-state index is 0.601. The molecule has 6 heteroatoms. The number of hydrogen-bond acceptors (Lipinski definition) is 6. The van der Waals surface area contributed by atoms with Gasteiger partial charge in [0.1, 0.15) is 16.7 Å². The van der Waals surface area contributed by atoms with Gasteiger partial charge in [0.05, 0.1) is 6.20 Å². The lowest BCUT2D eigenvalue weighted by molar-refractivity contribution is 0.667. The van der Waals surface area contributed by atoms with E-state index in [0.717, 1.165) is 71.3 Å². The molecule has 0 radical (unpaired) electrons. The molecule has 6 nitrogen and oxygen atoms in total. The van der Waals surface area contributed by atoms with E-state index in [0.29, 0.717) is 17.5 Å². The molecule has 0 amide bonds. The molecule has 0 saturated heterocycles. The lowest BCUT2D eigenvalue weighted by atomic mass is 10.0. The maximum atomic E-state index is 6.11. The standard InChI is InChI=1S/C36H20N4O2/c1-2-6-22(7-3-1)34-38-35(40-36(39-34)24-13-14-30-28(19-24)25-8-4-5-9-29(25)41-30)23-11-10-21-12-15-31-33(27(21)18-23)26-16-17-37-20-32(26)42-31/h1-20H. The highest BCUT2D eigenvalue weighted by Crippen LogP contribution is 2.37. The van der Waals surface area contributed by atoms with E-state index in [-0.39, 0.29) is 0 Å². The fourth-order valence-corrected chi connectivity index (χ4v) is 5.80. The van der Waals surface area contributed by atoms with Crippen molar-refractivity contribution >= 4 is 54.6 Å². The van der Waals surface area contributed by atoms with Crippen LogP contribution in [-0.2, 0) is 0 Å². The Kier molecular flexibility index (Phi) is 4.80. The number of furan rings is 2. The SMILES string of the molecule is c1ccc(-c2nc(-c3ccc4oc5ccccc5c4c3)nc(-c3ccc4ccc5oc6cnccc6c5c4c3)n2)cc1. The molecule has 0 saturated carbocycles. The summed E-state index contributed by atoms with van der Waals surface area (Å²) in [6.07, 6.45) is 3.56. The molecule has 5 aromatic carbocycles. The first-order valence-electron chi connectivity index (χ1n) is 13.7. The predicted octanol–water partition coefficient (Wildman–Crippen LogP) is 9.22. The summed E-state index contributed by atoms with van der Waals surface area (Å²) < 4.78 is 12.2. The Morgan fingerprint density at radius 3 is 1.93 bits per heavy atom. The highest BCUT2D eigenvalue weighted by atomic mass is 16.3. The van der Waals surface area contributed by atoms with Crippen LogP contribution < -0.4 is 0 Å². The zero-order valence-electron chi connectivity index (χ0n) is 22.2. The molecule has 42 heavy (non-hydrogen) atoms. The Morgan fingerprint density at radius 2 is 1.07 bits per heavy atom. The molecule has 0 unspecified atom stereocenters. The summed E-state index contributed by atoms with van der Waals surface area (Å²) in [6.45, 7) is 0. The highest BCUT2D eigenvalue weighted by Gasteiger charge is 2.16. The number of fused-ring (bicyclic) bond motifs is 8. The summed E-state index contributed by atoms with van der Waals surface area (Å²) in [6, 6.07) is 36.6. The van der Waals surface area contributed by atoms with E-state index in [1.807, 2.05) is 72.8 Å². The van der Waals surface area contributed by atoms with E-state index in [9.17, 15) is 0 Å². The first-order valence-corrected chi connectivity index (χ1v) is 13.7. The molecule has 0 aliphatic rings. The highest BCUT2D eigenvalue weighted by molar-refractivity contribution is 6.19. The monoisotopic (exact) mass is 540 g/mol. The average Bonchev–Trinajstić information content (AvgIpc) is 3.63. The van der Waals surface area contributed by atoms with Gasteiger partial charge in [0.15, 0.2) is 23.1 Å². The van der Waals surface area contributed by atoms with E-state index in [2.05, 4.69) is 41.4 Å². The predicted molar refractivity (Wildman–Crippen MR) is 166 cm³/mol. The van der Waals surface area contributed by atoms with Crippen molar-refractivity contribution in [2.45, 2.75) is 0 Å². The van der Waals surface area contributed by atoms with Crippen molar-refractivity contribution < 1.29 is 8.83 Å². The van der Waals surface area contributed by atoms with Crippen LogP contribution in [0, 0.1) is 0 Å². The summed E-state index contributed by atoms with van der Waals surface area (Å²) in [5.41, 5.74) is 6.00. The summed E-state index contributed by atoms with van der Waals surface area (Å²) in [5.74, 6) is 1.82. The molecule has 0 aliphatic heterocycles. The van der Waals surface area contributed by atoms with Crippen molar-refractivity contribution in [2.24, 2.45) is 0 Å². The summed E-state index contributed by atoms with van der Waals surface area (Å²) in [7, 11) is 0. The Morgan fingerprint density at radius 1 is 0.429 bits per heavy atom. The van der Waals surface area contributed by atoms with E-state index in [1.165, 1.54) is 0 Å². The minimum Gasteiger partial charge on any atom is -0.456 e. The molecule has 0 bridgehead atoms. The smallest absolute Gasteiger partial charge is 0.164 e. The van der Waals surface area contributed by atoms with Crippen LogP contribution in [0.3, 0.4) is 0 Å². The van der Waals surface area contributed by atoms with Crippen LogP contribution in [0.5, 0.6) is 0 Å². The maximum Gasteiger partial charge on any atom is 0.164 e. The topological polar surface area (TPSA) is 77.8 Å². The van der Waals surface area contributed by atoms with Gasteiger partial charge in [0, 0.05) is 44.4 Å². The van der Waals surface area contributed by atoms with E-state index in [4.69, 9.17) is 23.8 Å². The van der Waals surface area contributed by atoms with Crippen LogP contribution in [0.1, 0.15) is 0 Å². The Hall–Kier alpha value is -5.88. The second kappa shape index (κ2) is 8.81. The molecule has 0 aliphatic carbocycles. The molecule has 4 aromatic heterocycles. The normalized spacial score (nSPS) is 11.8. The van der Waals surface area contributed by atoms with Crippen molar-refractivity contribution in [3.63, 3.8) is 0 Å². The van der Waals surface area contributed by atoms with Gasteiger partial charge in [-0.2, -0.15) is 0 Å². The average molecular weight is 541 g/mol. The van der Waals surface area contributed by atoms with Crippen LogP contribution in [0.15, 0.2) is 130 Å². The Bertz CT molecular complexity index is 2480. The van der Waals surface area contributed by atoms with Crippen LogP contribution in [0.4, 0.5) is 0 Å². The second-order valence-corrected chi connectivity index (χ2v) is 10.3. The lowest BCUT2D eigenvalue weighted by Gasteiger charge is -2.09. The molecular formula is C36H20N4O2. The molecule has 0 spiro atoms. The van der Waals surface area contributed by atoms with E-state index < -0.39 is 0 Å². The van der Waals surface area contributed by atoms with Crippen LogP contribution in [-0.4, -0.2) is 19.9 Å². The molecule has 4 heterocycles. The van der Waals surface area contributed by atoms with Crippen molar-refractivity contribution in [3.05, 3.63) is 122 Å². The second-order valence-electron chi connectivity index (χ2n) is 10.3. The number of rotatable bonds is 3. The number of para-hydroxylation sites is 1. The summed E-state index contributed by atoms with van der Waals surface area (Å²) in [5, 5.41) is 6.37. The summed E-state index contributed by atoms with van der Waals surface area (Å²) in [4.78, 5) is 19.2. The van der Waals surface area contributed by atoms with Gasteiger partial charge < -0.3 is 8.83 Å². The van der Waals surface area contributed by atoms with E-state index in [1.54, 1.807) is 12.4 Å². The number of nitrogens with zero attached hydrogens (tertiary/aromatic N) is 4. The molecule has 9 rings (SSSR count). The van der Waals surface area contributed by atoms with Gasteiger partial charge in [-0.05, 0) is 53.2 Å². The third kappa shape index (κ3) is 3.52. The van der Waals surface area contributed by atoms with Gasteiger partial charge in [-0.1, -0.05) is 66.7 Å². The van der Waals surface area contributed by atoms with Crippen molar-refractivity contribution in [2.75, 3.05) is 0 Å². The first-order chi connectivity index (χ1) is 20.8. The number of hydrogen-bond donors (Lipinski definition) is 0. The zero-order valence-corrected chi connectivity index (χ0v) is 22.2. The van der Waals surface area contributed by atoms with Gasteiger partial charge in [-0.15, -0.1) is 0 Å². The van der Waals surface area contributed by atoms with Crippen LogP contribution in [0.2, 0.25) is 0 Å². The maximum absolute atomic E-state index is 6.11. The Balaban J connectivity index is 1.28.